The number of aromatic amines is 2. The molecule has 9 heteroatoms. The number of nitrogens with one attached hydrogen (secondary N) is 2. The average molecular weight is 634 g/mol. The molecule has 3 aromatic heterocycles. The standard InChI is InChI=1S/C36H26N8.Cu/c1-36(2,3)26-18-10-17-25-27(26)35-43-33-24-16-9-8-15-23(24)31(41-33)39-29-20-12-5-4-11-19(20)28(37-29)38-30-21-13-6-7-14-22(21)32(40-30)42-34(25)44-35;/h4-18H,1-3H3,(H2,37,38,39,40,41,42,43,44);/q;+1. The van der Waals surface area contributed by atoms with E-state index in [0.29, 0.717) is 45.9 Å². The van der Waals surface area contributed by atoms with Crippen LogP contribution >= 0.6 is 0 Å². The van der Waals surface area contributed by atoms with Crippen molar-refractivity contribution in [3.8, 4) is 45.6 Å². The van der Waals surface area contributed by atoms with Gasteiger partial charge in [-0.05, 0) is 11.0 Å². The Morgan fingerprint density at radius 1 is 0.422 bits per heavy atom. The third-order valence-electron chi connectivity index (χ3n) is 8.39. The Balaban J connectivity index is 0.00000300. The predicted octanol–water partition coefficient (Wildman–Crippen LogP) is 8.16. The van der Waals surface area contributed by atoms with Crippen molar-refractivity contribution >= 4 is 44.1 Å². The zero-order valence-corrected chi connectivity index (χ0v) is 25.6. The smallest absolute Gasteiger partial charge is 0.324 e. The van der Waals surface area contributed by atoms with Crippen molar-refractivity contribution < 1.29 is 17.1 Å². The van der Waals surface area contributed by atoms with Crippen LogP contribution in [0, 0.1) is 0 Å². The van der Waals surface area contributed by atoms with Gasteiger partial charge in [0.15, 0.2) is 23.3 Å². The van der Waals surface area contributed by atoms with E-state index in [2.05, 4.69) is 48.9 Å². The molecule has 0 amide bonds. The van der Waals surface area contributed by atoms with Crippen molar-refractivity contribution in [2.75, 3.05) is 0 Å². The monoisotopic (exact) mass is 633 g/mol. The van der Waals surface area contributed by atoms with Crippen molar-refractivity contribution in [2.45, 2.75) is 26.2 Å². The number of rotatable bonds is 0. The number of hydrogen-bond donors (Lipinski definition) is 2. The maximum Gasteiger partial charge on any atom is 1.00 e. The van der Waals surface area contributed by atoms with E-state index in [1.807, 2.05) is 72.8 Å². The Bertz CT molecular complexity index is 2500. The summed E-state index contributed by atoms with van der Waals surface area (Å²) < 4.78 is 0. The number of fused-ring (bicyclic) bond motifs is 20. The van der Waals surface area contributed by atoms with Crippen LogP contribution < -0.4 is 0 Å². The van der Waals surface area contributed by atoms with Gasteiger partial charge in [0.05, 0.1) is 0 Å². The van der Waals surface area contributed by atoms with Crippen molar-refractivity contribution in [3.63, 3.8) is 0 Å². The summed E-state index contributed by atoms with van der Waals surface area (Å²) in [6.07, 6.45) is 0. The third-order valence-corrected chi connectivity index (χ3v) is 8.39. The first-order valence-electron chi connectivity index (χ1n) is 14.7. The van der Waals surface area contributed by atoms with Gasteiger partial charge in [-0.2, -0.15) is 0 Å². The minimum Gasteiger partial charge on any atom is -0.324 e. The fourth-order valence-corrected chi connectivity index (χ4v) is 6.32. The number of nitrogens with zero attached hydrogens (tertiary/aromatic N) is 6. The van der Waals surface area contributed by atoms with Gasteiger partial charge in [-0.3, -0.25) is 0 Å². The average Bonchev–Trinajstić information content (AvgIpc) is 3.76. The van der Waals surface area contributed by atoms with E-state index in [1.165, 1.54) is 5.56 Å². The Kier molecular flexibility index (Phi) is 6.00. The number of hydrogen-bond acceptors (Lipinski definition) is 6. The molecular weight excluding hydrogens is 608 g/mol. The molecule has 0 saturated heterocycles. The molecule has 0 saturated carbocycles. The second kappa shape index (κ2) is 9.89. The maximum absolute atomic E-state index is 5.19. The molecule has 7 aromatic rings. The summed E-state index contributed by atoms with van der Waals surface area (Å²) in [5.41, 5.74) is 7.53. The van der Waals surface area contributed by atoms with Gasteiger partial charge in [0.1, 0.15) is 22.6 Å². The van der Waals surface area contributed by atoms with Crippen molar-refractivity contribution in [3.05, 3.63) is 96.6 Å². The molecule has 8 nitrogen and oxygen atoms in total. The van der Waals surface area contributed by atoms with E-state index in [4.69, 9.17) is 29.9 Å². The third kappa shape index (κ3) is 4.19. The molecule has 9 rings (SSSR count). The van der Waals surface area contributed by atoms with Gasteiger partial charge in [-0.25, -0.2) is 29.9 Å². The van der Waals surface area contributed by atoms with E-state index in [1.54, 1.807) is 0 Å². The molecule has 220 valence electrons. The van der Waals surface area contributed by atoms with Gasteiger partial charge in [0.2, 0.25) is 0 Å². The van der Waals surface area contributed by atoms with Crippen LogP contribution in [0.3, 0.4) is 0 Å². The Labute approximate surface area is 268 Å². The van der Waals surface area contributed by atoms with Crippen molar-refractivity contribution in [2.24, 2.45) is 0 Å². The first-order chi connectivity index (χ1) is 21.4. The number of benzene rings is 4. The summed E-state index contributed by atoms with van der Waals surface area (Å²) in [6.45, 7) is 6.65. The summed E-state index contributed by atoms with van der Waals surface area (Å²) in [5.74, 6) is 2.40. The normalized spacial score (nSPS) is 12.2. The quantitative estimate of drug-likeness (QED) is 0.163. The molecule has 2 N–H and O–H groups in total. The Morgan fingerprint density at radius 2 is 0.800 bits per heavy atom. The molecule has 0 aliphatic carbocycles. The fraction of sp³-hybridized carbons (Fsp3) is 0.111. The number of aromatic nitrogens is 8. The molecule has 0 spiro atoms. The van der Waals surface area contributed by atoms with E-state index in [0.717, 1.165) is 43.8 Å². The molecular formula is C36H26CuN8+. The van der Waals surface area contributed by atoms with Gasteiger partial charge in [0.25, 0.3) is 0 Å². The van der Waals surface area contributed by atoms with Crippen LogP contribution in [0.1, 0.15) is 26.3 Å². The molecule has 8 bridgehead atoms. The van der Waals surface area contributed by atoms with Crippen LogP contribution in [0.25, 0.3) is 89.7 Å². The topological polar surface area (TPSA) is 109 Å². The molecule has 0 unspecified atom stereocenters. The molecule has 2 aliphatic heterocycles. The minimum absolute atomic E-state index is 0. The summed E-state index contributed by atoms with van der Waals surface area (Å²) in [7, 11) is 0. The summed E-state index contributed by atoms with van der Waals surface area (Å²) in [4.78, 5) is 37.5. The Hall–Kier alpha value is -5.24. The molecule has 0 fully saturated rings. The van der Waals surface area contributed by atoms with Crippen LogP contribution in [-0.2, 0) is 22.5 Å². The fourth-order valence-electron chi connectivity index (χ4n) is 6.32. The predicted molar refractivity (Wildman–Crippen MR) is 175 cm³/mol. The van der Waals surface area contributed by atoms with E-state index < -0.39 is 0 Å². The van der Waals surface area contributed by atoms with E-state index >= 15 is 0 Å². The van der Waals surface area contributed by atoms with Gasteiger partial charge in [0, 0.05) is 43.8 Å². The van der Waals surface area contributed by atoms with Gasteiger partial charge in [-0.1, -0.05) is 112 Å². The minimum atomic E-state index is -0.131. The summed E-state index contributed by atoms with van der Waals surface area (Å²) >= 11 is 0. The summed E-state index contributed by atoms with van der Waals surface area (Å²) in [5, 5.41) is 3.91. The van der Waals surface area contributed by atoms with Gasteiger partial charge in [-0.15, -0.1) is 0 Å². The second-order valence-corrected chi connectivity index (χ2v) is 12.2. The van der Waals surface area contributed by atoms with Crippen LogP contribution in [0.15, 0.2) is 91.0 Å². The maximum atomic E-state index is 5.19. The molecule has 45 heavy (non-hydrogen) atoms. The molecule has 2 aliphatic rings. The second-order valence-electron chi connectivity index (χ2n) is 12.2. The SMILES string of the molecule is CC(C)(C)c1cccc2c3nc4nc(nc5[nH]c(nc6nc(nc([nH]3)c12)-c1ccccc1-6)c1ccccc51)-c1ccccc1-4.[Cu+]. The largest absolute Gasteiger partial charge is 1.00 e. The van der Waals surface area contributed by atoms with Crippen LogP contribution in [0.5, 0.6) is 0 Å². The van der Waals surface area contributed by atoms with Gasteiger partial charge < -0.3 is 9.97 Å². The molecule has 5 heterocycles. The van der Waals surface area contributed by atoms with Gasteiger partial charge >= 0.3 is 17.1 Å². The van der Waals surface area contributed by atoms with Crippen molar-refractivity contribution in [1.82, 2.24) is 39.9 Å². The number of H-pyrrole nitrogens is 2. The molecule has 4 aromatic carbocycles. The van der Waals surface area contributed by atoms with Crippen LogP contribution in [-0.4, -0.2) is 39.9 Å². The summed E-state index contributed by atoms with van der Waals surface area (Å²) in [6, 6.07) is 30.6. The molecule has 0 radical (unpaired) electrons. The van der Waals surface area contributed by atoms with Crippen molar-refractivity contribution in [1.29, 1.82) is 0 Å². The zero-order valence-electron chi connectivity index (χ0n) is 24.6. The first kappa shape index (κ1) is 27.3. The zero-order chi connectivity index (χ0) is 29.6. The van der Waals surface area contributed by atoms with E-state index in [9.17, 15) is 0 Å². The molecule has 0 atom stereocenters. The van der Waals surface area contributed by atoms with Crippen LogP contribution in [0.4, 0.5) is 0 Å². The van der Waals surface area contributed by atoms with Crippen LogP contribution in [0.2, 0.25) is 0 Å². The Morgan fingerprint density at radius 3 is 1.27 bits per heavy atom. The van der Waals surface area contributed by atoms with E-state index in [-0.39, 0.29) is 22.5 Å². The first-order valence-corrected chi connectivity index (χ1v) is 14.7.